The van der Waals surface area contributed by atoms with Crippen molar-refractivity contribution in [3.63, 3.8) is 0 Å². The number of pyridine rings is 2. The average Bonchev–Trinajstić information content (AvgIpc) is 2.80. The SMILES string of the molecule is CCCCC1(C)C[C@](CCNCc2cnc(C#N)c(C(F)(F)F)c2)(c2ccccn2)CCO1. The van der Waals surface area contributed by atoms with Gasteiger partial charge in [0.15, 0.2) is 5.69 Å². The van der Waals surface area contributed by atoms with Crippen molar-refractivity contribution in [2.24, 2.45) is 0 Å². The Balaban J connectivity index is 1.71. The van der Waals surface area contributed by atoms with Crippen LogP contribution in [0.3, 0.4) is 0 Å². The number of hydrogen-bond acceptors (Lipinski definition) is 5. The Labute approximate surface area is 193 Å². The van der Waals surface area contributed by atoms with E-state index in [1.54, 1.807) is 0 Å². The number of halogens is 3. The molecule has 3 heterocycles. The summed E-state index contributed by atoms with van der Waals surface area (Å²) in [5, 5.41) is 12.2. The minimum atomic E-state index is -4.61. The molecule has 2 atom stereocenters. The smallest absolute Gasteiger partial charge is 0.375 e. The summed E-state index contributed by atoms with van der Waals surface area (Å²) >= 11 is 0. The Hall–Kier alpha value is -2.50. The first-order valence-corrected chi connectivity index (χ1v) is 11.4. The van der Waals surface area contributed by atoms with Gasteiger partial charge in [-0.2, -0.15) is 18.4 Å². The van der Waals surface area contributed by atoms with Crippen LogP contribution in [-0.4, -0.2) is 28.7 Å². The molecule has 0 saturated carbocycles. The van der Waals surface area contributed by atoms with Crippen LogP contribution in [-0.2, 0) is 22.9 Å². The van der Waals surface area contributed by atoms with Gasteiger partial charge >= 0.3 is 6.18 Å². The summed E-state index contributed by atoms with van der Waals surface area (Å²) in [5.74, 6) is 0. The minimum Gasteiger partial charge on any atom is -0.375 e. The molecule has 1 N–H and O–H groups in total. The normalized spacial score (nSPS) is 23.3. The number of rotatable bonds is 9. The number of unbranched alkanes of at least 4 members (excludes halogenated alkanes) is 1. The quantitative estimate of drug-likeness (QED) is 0.497. The Morgan fingerprint density at radius 1 is 1.24 bits per heavy atom. The van der Waals surface area contributed by atoms with Gasteiger partial charge in [0.1, 0.15) is 6.07 Å². The van der Waals surface area contributed by atoms with E-state index in [0.717, 1.165) is 50.3 Å². The zero-order valence-corrected chi connectivity index (χ0v) is 19.2. The summed E-state index contributed by atoms with van der Waals surface area (Å²) in [6, 6.07) is 8.48. The second-order valence-electron chi connectivity index (χ2n) is 9.10. The molecule has 1 fully saturated rings. The second-order valence-corrected chi connectivity index (χ2v) is 9.10. The van der Waals surface area contributed by atoms with Gasteiger partial charge in [-0.05, 0) is 62.9 Å². The van der Waals surface area contributed by atoms with E-state index in [-0.39, 0.29) is 17.6 Å². The predicted octanol–water partition coefficient (Wildman–Crippen LogP) is 5.54. The average molecular weight is 461 g/mol. The summed E-state index contributed by atoms with van der Waals surface area (Å²) < 4.78 is 45.8. The molecule has 33 heavy (non-hydrogen) atoms. The third-order valence-electron chi connectivity index (χ3n) is 6.48. The van der Waals surface area contributed by atoms with Crippen LogP contribution in [0, 0.1) is 11.3 Å². The molecular formula is C25H31F3N4O. The molecule has 1 saturated heterocycles. The van der Waals surface area contributed by atoms with Crippen molar-refractivity contribution in [2.75, 3.05) is 13.2 Å². The maximum atomic E-state index is 13.2. The van der Waals surface area contributed by atoms with Gasteiger partial charge in [0, 0.05) is 36.7 Å². The van der Waals surface area contributed by atoms with Crippen molar-refractivity contribution in [3.8, 4) is 6.07 Å². The van der Waals surface area contributed by atoms with Gasteiger partial charge in [0.2, 0.25) is 0 Å². The molecular weight excluding hydrogens is 429 g/mol. The lowest BCUT2D eigenvalue weighted by Crippen LogP contribution is -2.47. The van der Waals surface area contributed by atoms with Crippen LogP contribution in [0.1, 0.15) is 74.9 Å². The molecule has 0 spiro atoms. The summed E-state index contributed by atoms with van der Waals surface area (Å²) in [6.45, 7) is 5.86. The van der Waals surface area contributed by atoms with Gasteiger partial charge < -0.3 is 10.1 Å². The molecule has 5 nitrogen and oxygen atoms in total. The van der Waals surface area contributed by atoms with E-state index < -0.39 is 17.4 Å². The van der Waals surface area contributed by atoms with E-state index in [2.05, 4.69) is 35.2 Å². The van der Waals surface area contributed by atoms with Crippen molar-refractivity contribution in [1.82, 2.24) is 15.3 Å². The van der Waals surface area contributed by atoms with Crippen molar-refractivity contribution in [1.29, 1.82) is 5.26 Å². The maximum absolute atomic E-state index is 13.2. The maximum Gasteiger partial charge on any atom is 0.419 e. The fourth-order valence-electron chi connectivity index (χ4n) is 4.77. The largest absolute Gasteiger partial charge is 0.419 e. The van der Waals surface area contributed by atoms with Gasteiger partial charge in [-0.15, -0.1) is 0 Å². The van der Waals surface area contributed by atoms with E-state index in [4.69, 9.17) is 10.00 Å². The molecule has 1 unspecified atom stereocenters. The fraction of sp³-hybridized carbons (Fsp3) is 0.560. The van der Waals surface area contributed by atoms with Crippen molar-refractivity contribution in [3.05, 3.63) is 59.2 Å². The summed E-state index contributed by atoms with van der Waals surface area (Å²) in [4.78, 5) is 8.36. The molecule has 0 aromatic carbocycles. The van der Waals surface area contributed by atoms with Crippen LogP contribution in [0.15, 0.2) is 36.7 Å². The highest BCUT2D eigenvalue weighted by atomic mass is 19.4. The van der Waals surface area contributed by atoms with Crippen molar-refractivity contribution in [2.45, 2.75) is 76.1 Å². The van der Waals surface area contributed by atoms with E-state index in [1.165, 1.54) is 12.3 Å². The van der Waals surface area contributed by atoms with Gasteiger partial charge in [-0.25, -0.2) is 4.98 Å². The number of ether oxygens (including phenoxy) is 1. The molecule has 8 heteroatoms. The van der Waals surface area contributed by atoms with Crippen LogP contribution in [0.5, 0.6) is 0 Å². The monoisotopic (exact) mass is 460 g/mol. The van der Waals surface area contributed by atoms with E-state index >= 15 is 0 Å². The number of hydrogen-bond donors (Lipinski definition) is 1. The topological polar surface area (TPSA) is 70.8 Å². The van der Waals surface area contributed by atoms with Crippen LogP contribution in [0.4, 0.5) is 13.2 Å². The van der Waals surface area contributed by atoms with Crippen LogP contribution < -0.4 is 5.32 Å². The number of alkyl halides is 3. The first-order valence-electron chi connectivity index (χ1n) is 11.4. The lowest BCUT2D eigenvalue weighted by atomic mass is 9.68. The summed E-state index contributed by atoms with van der Waals surface area (Å²) in [6.07, 6.45) is 4.22. The molecule has 3 rings (SSSR count). The Bertz CT molecular complexity index is 960. The standard InChI is InChI=1S/C25H31F3N4O/c1-3-4-8-23(2)18-24(10-13-33-23,22-7-5-6-11-31-22)9-12-30-16-19-14-20(25(26,27)28)21(15-29)32-17-19/h5-7,11,14,17,30H,3-4,8-10,12-13,16,18H2,1-2H3/t23?,24-/m1/s1. The number of aromatic nitrogens is 2. The van der Waals surface area contributed by atoms with Gasteiger partial charge in [0.25, 0.3) is 0 Å². The predicted molar refractivity (Wildman–Crippen MR) is 119 cm³/mol. The van der Waals surface area contributed by atoms with Crippen LogP contribution >= 0.6 is 0 Å². The molecule has 1 aliphatic heterocycles. The van der Waals surface area contributed by atoms with Crippen LogP contribution in [0.2, 0.25) is 0 Å². The third-order valence-corrected chi connectivity index (χ3v) is 6.48. The minimum absolute atomic E-state index is 0.158. The van der Waals surface area contributed by atoms with E-state index in [0.29, 0.717) is 18.7 Å². The summed E-state index contributed by atoms with van der Waals surface area (Å²) in [5.41, 5.74) is -0.538. The first-order chi connectivity index (χ1) is 15.7. The molecule has 0 aliphatic carbocycles. The number of nitrogens with zero attached hydrogens (tertiary/aromatic N) is 3. The molecule has 1 aliphatic rings. The molecule has 2 aromatic heterocycles. The Morgan fingerprint density at radius 2 is 2.06 bits per heavy atom. The molecule has 0 bridgehead atoms. The number of nitrogens with one attached hydrogen (secondary N) is 1. The third kappa shape index (κ3) is 6.30. The zero-order chi connectivity index (χ0) is 24.0. The van der Waals surface area contributed by atoms with Gasteiger partial charge in [-0.1, -0.05) is 25.8 Å². The Morgan fingerprint density at radius 3 is 2.73 bits per heavy atom. The molecule has 2 aromatic rings. The van der Waals surface area contributed by atoms with E-state index in [9.17, 15) is 13.2 Å². The lowest BCUT2D eigenvalue weighted by Gasteiger charge is -2.46. The second kappa shape index (κ2) is 10.6. The van der Waals surface area contributed by atoms with Gasteiger partial charge in [0.05, 0.1) is 11.2 Å². The Kier molecular flexibility index (Phi) is 8.09. The molecule has 0 radical (unpaired) electrons. The summed E-state index contributed by atoms with van der Waals surface area (Å²) in [7, 11) is 0. The van der Waals surface area contributed by atoms with Crippen LogP contribution in [0.25, 0.3) is 0 Å². The zero-order valence-electron chi connectivity index (χ0n) is 19.2. The fourth-order valence-corrected chi connectivity index (χ4v) is 4.77. The van der Waals surface area contributed by atoms with E-state index in [1.807, 2.05) is 18.3 Å². The highest BCUT2D eigenvalue weighted by molar-refractivity contribution is 5.35. The van der Waals surface area contributed by atoms with Crippen molar-refractivity contribution < 1.29 is 17.9 Å². The first kappa shape index (κ1) is 25.1. The highest BCUT2D eigenvalue weighted by Gasteiger charge is 2.44. The number of nitriles is 1. The van der Waals surface area contributed by atoms with Gasteiger partial charge in [-0.3, -0.25) is 4.98 Å². The molecule has 178 valence electrons. The van der Waals surface area contributed by atoms with Crippen molar-refractivity contribution >= 4 is 0 Å². The lowest BCUT2D eigenvalue weighted by molar-refractivity contribution is -0.138. The highest BCUT2D eigenvalue weighted by Crippen LogP contribution is 2.45. The molecule has 0 amide bonds.